The van der Waals surface area contributed by atoms with Gasteiger partial charge in [0, 0.05) is 24.3 Å². The minimum Gasteiger partial charge on any atom is -0.508 e. The fraction of sp³-hybridized carbons (Fsp3) is 0.533. The molecule has 1 unspecified atom stereocenters. The van der Waals surface area contributed by atoms with E-state index in [0.717, 1.165) is 11.3 Å². The first kappa shape index (κ1) is 16.1. The molecule has 112 valence electrons. The van der Waals surface area contributed by atoms with E-state index in [4.69, 9.17) is 4.74 Å². The SMILES string of the molecule is Cc1ccc(NC(C)CNC(=O)OC(C)(C)C)cc1O. The highest BCUT2D eigenvalue weighted by atomic mass is 16.6. The predicted octanol–water partition coefficient (Wildman–Crippen LogP) is 3.03. The van der Waals surface area contributed by atoms with Crippen molar-refractivity contribution in [2.24, 2.45) is 0 Å². The average molecular weight is 280 g/mol. The molecule has 0 aliphatic rings. The fourth-order valence-corrected chi connectivity index (χ4v) is 1.59. The van der Waals surface area contributed by atoms with Crippen molar-refractivity contribution in [1.29, 1.82) is 0 Å². The number of amides is 1. The van der Waals surface area contributed by atoms with Gasteiger partial charge in [0.1, 0.15) is 11.4 Å². The summed E-state index contributed by atoms with van der Waals surface area (Å²) in [7, 11) is 0. The zero-order valence-electron chi connectivity index (χ0n) is 12.8. The first-order chi connectivity index (χ1) is 9.17. The second kappa shape index (κ2) is 6.50. The van der Waals surface area contributed by atoms with Crippen LogP contribution < -0.4 is 10.6 Å². The van der Waals surface area contributed by atoms with Gasteiger partial charge in [-0.2, -0.15) is 0 Å². The van der Waals surface area contributed by atoms with Crippen molar-refractivity contribution in [3.05, 3.63) is 23.8 Å². The first-order valence-electron chi connectivity index (χ1n) is 6.70. The molecular weight excluding hydrogens is 256 g/mol. The zero-order valence-corrected chi connectivity index (χ0v) is 12.8. The lowest BCUT2D eigenvalue weighted by Crippen LogP contribution is -2.38. The molecule has 1 rings (SSSR count). The van der Waals surface area contributed by atoms with Crippen LogP contribution in [-0.2, 0) is 4.74 Å². The highest BCUT2D eigenvalue weighted by molar-refractivity contribution is 5.67. The fourth-order valence-electron chi connectivity index (χ4n) is 1.59. The van der Waals surface area contributed by atoms with Crippen LogP contribution >= 0.6 is 0 Å². The molecule has 0 aliphatic heterocycles. The number of carbonyl (C=O) groups is 1. The number of hydrogen-bond acceptors (Lipinski definition) is 4. The van der Waals surface area contributed by atoms with Crippen LogP contribution in [0.1, 0.15) is 33.3 Å². The molecule has 1 aromatic rings. The Balaban J connectivity index is 2.42. The Labute approximate surface area is 120 Å². The van der Waals surface area contributed by atoms with Gasteiger partial charge in [-0.25, -0.2) is 4.79 Å². The highest BCUT2D eigenvalue weighted by Crippen LogP contribution is 2.21. The molecule has 5 heteroatoms. The summed E-state index contributed by atoms with van der Waals surface area (Å²) in [6.45, 7) is 9.68. The monoisotopic (exact) mass is 280 g/mol. The van der Waals surface area contributed by atoms with Crippen LogP contribution in [0.25, 0.3) is 0 Å². The topological polar surface area (TPSA) is 70.6 Å². The standard InChI is InChI=1S/C15H24N2O3/c1-10-6-7-12(8-13(10)18)17-11(2)9-16-14(19)20-15(3,4)5/h6-8,11,17-18H,9H2,1-5H3,(H,16,19). The summed E-state index contributed by atoms with van der Waals surface area (Å²) >= 11 is 0. The Kier molecular flexibility index (Phi) is 5.25. The van der Waals surface area contributed by atoms with Crippen molar-refractivity contribution >= 4 is 11.8 Å². The van der Waals surface area contributed by atoms with E-state index in [1.54, 1.807) is 6.07 Å². The van der Waals surface area contributed by atoms with E-state index in [9.17, 15) is 9.90 Å². The number of aryl methyl sites for hydroxylation is 1. The number of nitrogens with one attached hydrogen (secondary N) is 2. The van der Waals surface area contributed by atoms with Crippen molar-refractivity contribution in [2.45, 2.75) is 46.3 Å². The molecule has 1 atom stereocenters. The maximum Gasteiger partial charge on any atom is 0.407 e. The number of aromatic hydroxyl groups is 1. The Morgan fingerprint density at radius 1 is 1.40 bits per heavy atom. The number of phenols is 1. The maximum atomic E-state index is 11.5. The third kappa shape index (κ3) is 5.82. The van der Waals surface area contributed by atoms with Crippen LogP contribution in [-0.4, -0.2) is 29.4 Å². The van der Waals surface area contributed by atoms with Crippen molar-refractivity contribution in [2.75, 3.05) is 11.9 Å². The van der Waals surface area contributed by atoms with Gasteiger partial charge < -0.3 is 20.5 Å². The molecule has 0 bridgehead atoms. The second-order valence-electron chi connectivity index (χ2n) is 5.93. The smallest absolute Gasteiger partial charge is 0.407 e. The van der Waals surface area contributed by atoms with Gasteiger partial charge >= 0.3 is 6.09 Å². The van der Waals surface area contributed by atoms with Crippen molar-refractivity contribution in [3.8, 4) is 5.75 Å². The molecule has 1 amide bonds. The molecular formula is C15H24N2O3. The minimum atomic E-state index is -0.497. The van der Waals surface area contributed by atoms with Gasteiger partial charge in [0.15, 0.2) is 0 Å². The van der Waals surface area contributed by atoms with E-state index in [1.165, 1.54) is 0 Å². The van der Waals surface area contributed by atoms with Crippen LogP contribution in [0.15, 0.2) is 18.2 Å². The largest absolute Gasteiger partial charge is 0.508 e. The van der Waals surface area contributed by atoms with Gasteiger partial charge in [0.25, 0.3) is 0 Å². The summed E-state index contributed by atoms with van der Waals surface area (Å²) in [5.41, 5.74) is 1.14. The third-order valence-corrected chi connectivity index (χ3v) is 2.57. The maximum absolute atomic E-state index is 11.5. The average Bonchev–Trinajstić information content (AvgIpc) is 2.29. The normalized spacial score (nSPS) is 12.7. The Hall–Kier alpha value is -1.91. The van der Waals surface area contributed by atoms with Gasteiger partial charge in [0.05, 0.1) is 0 Å². The molecule has 0 radical (unpaired) electrons. The summed E-state index contributed by atoms with van der Waals surface area (Å²) in [4.78, 5) is 11.5. The Morgan fingerprint density at radius 3 is 2.60 bits per heavy atom. The predicted molar refractivity (Wildman–Crippen MR) is 80.2 cm³/mol. The quantitative estimate of drug-likeness (QED) is 0.793. The number of hydrogen-bond donors (Lipinski definition) is 3. The lowest BCUT2D eigenvalue weighted by atomic mass is 10.2. The van der Waals surface area contributed by atoms with Crippen LogP contribution in [0.2, 0.25) is 0 Å². The van der Waals surface area contributed by atoms with Crippen molar-refractivity contribution in [1.82, 2.24) is 5.32 Å². The van der Waals surface area contributed by atoms with Crippen LogP contribution in [0.4, 0.5) is 10.5 Å². The second-order valence-corrected chi connectivity index (χ2v) is 5.93. The van der Waals surface area contributed by atoms with Gasteiger partial charge in [0.2, 0.25) is 0 Å². The number of anilines is 1. The van der Waals surface area contributed by atoms with Crippen LogP contribution in [0.3, 0.4) is 0 Å². The molecule has 3 N–H and O–H groups in total. The number of phenolic OH excluding ortho intramolecular Hbond substituents is 1. The third-order valence-electron chi connectivity index (χ3n) is 2.57. The van der Waals surface area contributed by atoms with Gasteiger partial charge in [-0.05, 0) is 46.2 Å². The van der Waals surface area contributed by atoms with Gasteiger partial charge in [-0.1, -0.05) is 6.07 Å². The van der Waals surface area contributed by atoms with Gasteiger partial charge in [-0.15, -0.1) is 0 Å². The van der Waals surface area contributed by atoms with E-state index >= 15 is 0 Å². The summed E-state index contributed by atoms with van der Waals surface area (Å²) < 4.78 is 5.16. The van der Waals surface area contributed by atoms with Crippen LogP contribution in [0, 0.1) is 6.92 Å². The van der Waals surface area contributed by atoms with E-state index < -0.39 is 11.7 Å². The number of benzene rings is 1. The van der Waals surface area contributed by atoms with Crippen molar-refractivity contribution < 1.29 is 14.6 Å². The number of rotatable bonds is 4. The zero-order chi connectivity index (χ0) is 15.3. The molecule has 0 saturated carbocycles. The summed E-state index contributed by atoms with van der Waals surface area (Å²) in [6.07, 6.45) is -0.432. The van der Waals surface area contributed by atoms with E-state index in [2.05, 4.69) is 10.6 Å². The molecule has 0 heterocycles. The molecule has 0 aromatic heterocycles. The van der Waals surface area contributed by atoms with E-state index in [0.29, 0.717) is 6.54 Å². The lowest BCUT2D eigenvalue weighted by Gasteiger charge is -2.21. The van der Waals surface area contributed by atoms with E-state index in [-0.39, 0.29) is 11.8 Å². The molecule has 0 spiro atoms. The molecule has 5 nitrogen and oxygen atoms in total. The Morgan fingerprint density at radius 2 is 2.05 bits per heavy atom. The van der Waals surface area contributed by atoms with E-state index in [1.807, 2.05) is 46.8 Å². The lowest BCUT2D eigenvalue weighted by molar-refractivity contribution is 0.0526. The highest BCUT2D eigenvalue weighted by Gasteiger charge is 2.16. The molecule has 20 heavy (non-hydrogen) atoms. The summed E-state index contributed by atoms with van der Waals surface area (Å²) in [5, 5.41) is 15.5. The number of carbonyl (C=O) groups excluding carboxylic acids is 1. The van der Waals surface area contributed by atoms with Crippen molar-refractivity contribution in [3.63, 3.8) is 0 Å². The summed E-state index contributed by atoms with van der Waals surface area (Å²) in [5.74, 6) is 0.252. The number of ether oxygens (including phenoxy) is 1. The van der Waals surface area contributed by atoms with Gasteiger partial charge in [-0.3, -0.25) is 0 Å². The molecule has 0 aliphatic carbocycles. The molecule has 0 fully saturated rings. The summed E-state index contributed by atoms with van der Waals surface area (Å²) in [6, 6.07) is 5.41. The minimum absolute atomic E-state index is 0.0182. The number of alkyl carbamates (subject to hydrolysis) is 1. The first-order valence-corrected chi connectivity index (χ1v) is 6.70. The molecule has 1 aromatic carbocycles. The van der Waals surface area contributed by atoms with Crippen LogP contribution in [0.5, 0.6) is 5.75 Å². The molecule has 0 saturated heterocycles. The Bertz CT molecular complexity index is 467.